The number of fused-ring (bicyclic) bond motifs is 2. The molecule has 0 N–H and O–H groups in total. The Morgan fingerprint density at radius 3 is 2.48 bits per heavy atom. The maximum atomic E-state index is 2.50. The van der Waals surface area contributed by atoms with Crippen LogP contribution in [0.3, 0.4) is 0 Å². The van der Waals surface area contributed by atoms with E-state index in [1.54, 1.807) is 24.0 Å². The first-order valence-corrected chi connectivity index (χ1v) is 12.0. The Bertz CT molecular complexity index is 639. The highest BCUT2D eigenvalue weighted by atomic mass is 14.4. The number of aryl methyl sites for hydroxylation is 2. The summed E-state index contributed by atoms with van der Waals surface area (Å²) in [6, 6.07) is 7.34. The average Bonchev–Trinajstić information content (AvgIpc) is 2.72. The molecule has 3 unspecified atom stereocenters. The molecular weight excluding hydrogens is 324 g/mol. The molecule has 0 heteroatoms. The van der Waals surface area contributed by atoms with Crippen LogP contribution in [0.25, 0.3) is 0 Å². The number of hydrogen-bond donors (Lipinski definition) is 0. The number of hydrogen-bond acceptors (Lipinski definition) is 0. The van der Waals surface area contributed by atoms with Crippen molar-refractivity contribution >= 4 is 0 Å². The van der Waals surface area contributed by atoms with Crippen LogP contribution < -0.4 is 0 Å². The molecule has 2 fully saturated rings. The molecule has 2 saturated carbocycles. The van der Waals surface area contributed by atoms with E-state index in [2.05, 4.69) is 44.2 Å². The maximum Gasteiger partial charge on any atom is -0.0245 e. The summed E-state index contributed by atoms with van der Waals surface area (Å²) in [7, 11) is 0. The molecule has 4 rings (SSSR count). The van der Waals surface area contributed by atoms with Crippen molar-refractivity contribution in [1.82, 2.24) is 0 Å². The van der Waals surface area contributed by atoms with Crippen LogP contribution in [0, 0.1) is 29.6 Å². The monoisotopic (exact) mass is 364 g/mol. The highest BCUT2D eigenvalue weighted by molar-refractivity contribution is 5.34. The van der Waals surface area contributed by atoms with E-state index in [1.807, 2.05) is 0 Å². The lowest BCUT2D eigenvalue weighted by molar-refractivity contribution is 0.0699. The third-order valence-corrected chi connectivity index (χ3v) is 8.35. The van der Waals surface area contributed by atoms with Gasteiger partial charge in [0.25, 0.3) is 0 Å². The smallest absolute Gasteiger partial charge is 0.0245 e. The van der Waals surface area contributed by atoms with Gasteiger partial charge in [0, 0.05) is 0 Å². The molecule has 0 aliphatic heterocycles. The SMILES string of the molecule is C/C=C/CC[C@@H]1CC[C@@H]2CC(C3CCc4cc(CC)ccc4C3)CCC2C1. The fourth-order valence-corrected chi connectivity index (χ4v) is 6.67. The summed E-state index contributed by atoms with van der Waals surface area (Å²) in [5, 5.41) is 0. The first-order chi connectivity index (χ1) is 13.3. The second-order valence-corrected chi connectivity index (χ2v) is 9.88. The van der Waals surface area contributed by atoms with Gasteiger partial charge in [-0.3, -0.25) is 0 Å². The molecule has 0 aromatic heterocycles. The zero-order valence-electron chi connectivity index (χ0n) is 17.8. The van der Waals surface area contributed by atoms with Crippen LogP contribution in [0.1, 0.15) is 88.3 Å². The molecule has 3 aliphatic carbocycles. The maximum absolute atomic E-state index is 2.50. The third-order valence-electron chi connectivity index (χ3n) is 8.35. The van der Waals surface area contributed by atoms with Gasteiger partial charge in [-0.15, -0.1) is 0 Å². The summed E-state index contributed by atoms with van der Waals surface area (Å²) in [5.41, 5.74) is 4.87. The van der Waals surface area contributed by atoms with E-state index in [4.69, 9.17) is 0 Å². The molecule has 0 spiro atoms. The van der Waals surface area contributed by atoms with Crippen molar-refractivity contribution in [2.45, 2.75) is 90.9 Å². The van der Waals surface area contributed by atoms with Gasteiger partial charge in [0.05, 0.1) is 0 Å². The first-order valence-electron chi connectivity index (χ1n) is 12.0. The van der Waals surface area contributed by atoms with Gasteiger partial charge in [0.2, 0.25) is 0 Å². The number of benzene rings is 1. The Morgan fingerprint density at radius 2 is 1.67 bits per heavy atom. The second kappa shape index (κ2) is 8.97. The van der Waals surface area contributed by atoms with Crippen molar-refractivity contribution in [2.75, 3.05) is 0 Å². The molecule has 0 heterocycles. The molecule has 27 heavy (non-hydrogen) atoms. The van der Waals surface area contributed by atoms with Gasteiger partial charge in [-0.1, -0.05) is 43.7 Å². The number of rotatable bonds is 5. The Balaban J connectivity index is 1.31. The van der Waals surface area contributed by atoms with Crippen LogP contribution >= 0.6 is 0 Å². The molecule has 5 atom stereocenters. The van der Waals surface area contributed by atoms with E-state index in [0.29, 0.717) is 0 Å². The summed E-state index contributed by atoms with van der Waals surface area (Å²) in [6.07, 6.45) is 21.9. The van der Waals surface area contributed by atoms with Gasteiger partial charge < -0.3 is 0 Å². The second-order valence-electron chi connectivity index (χ2n) is 9.88. The van der Waals surface area contributed by atoms with Gasteiger partial charge in [0.1, 0.15) is 0 Å². The largest absolute Gasteiger partial charge is 0.0917 e. The lowest BCUT2D eigenvalue weighted by Crippen LogP contribution is -2.35. The van der Waals surface area contributed by atoms with Crippen LogP contribution in [0.2, 0.25) is 0 Å². The van der Waals surface area contributed by atoms with E-state index in [0.717, 1.165) is 29.6 Å². The van der Waals surface area contributed by atoms with Gasteiger partial charge in [-0.2, -0.15) is 0 Å². The minimum atomic E-state index is 0.971. The van der Waals surface area contributed by atoms with Crippen LogP contribution in [0.4, 0.5) is 0 Å². The predicted octanol–water partition coefficient (Wildman–Crippen LogP) is 7.54. The van der Waals surface area contributed by atoms with Crippen LogP contribution in [0.15, 0.2) is 30.4 Å². The van der Waals surface area contributed by atoms with Crippen molar-refractivity contribution in [3.8, 4) is 0 Å². The topological polar surface area (TPSA) is 0 Å². The normalized spacial score (nSPS) is 33.6. The molecule has 3 aliphatic rings. The predicted molar refractivity (Wildman–Crippen MR) is 117 cm³/mol. The van der Waals surface area contributed by atoms with Crippen molar-refractivity contribution in [3.63, 3.8) is 0 Å². The van der Waals surface area contributed by atoms with E-state index in [-0.39, 0.29) is 0 Å². The van der Waals surface area contributed by atoms with Crippen molar-refractivity contribution in [2.24, 2.45) is 29.6 Å². The van der Waals surface area contributed by atoms with Crippen LogP contribution in [-0.2, 0) is 19.3 Å². The first kappa shape index (κ1) is 19.3. The van der Waals surface area contributed by atoms with Crippen molar-refractivity contribution in [3.05, 3.63) is 47.0 Å². The Kier molecular flexibility index (Phi) is 6.41. The van der Waals surface area contributed by atoms with E-state index < -0.39 is 0 Å². The van der Waals surface area contributed by atoms with E-state index in [1.165, 1.54) is 69.8 Å². The van der Waals surface area contributed by atoms with Crippen LogP contribution in [0.5, 0.6) is 0 Å². The molecule has 1 aromatic carbocycles. The van der Waals surface area contributed by atoms with Gasteiger partial charge in [-0.05, 0) is 124 Å². The van der Waals surface area contributed by atoms with E-state index >= 15 is 0 Å². The molecule has 0 radical (unpaired) electrons. The average molecular weight is 365 g/mol. The summed E-state index contributed by atoms with van der Waals surface area (Å²) < 4.78 is 0. The van der Waals surface area contributed by atoms with Gasteiger partial charge >= 0.3 is 0 Å². The lowest BCUT2D eigenvalue weighted by Gasteiger charge is -2.45. The molecular formula is C27H40. The molecule has 0 amide bonds. The summed E-state index contributed by atoms with van der Waals surface area (Å²) >= 11 is 0. The Hall–Kier alpha value is -1.04. The molecule has 0 saturated heterocycles. The highest BCUT2D eigenvalue weighted by Gasteiger charge is 2.38. The summed E-state index contributed by atoms with van der Waals surface area (Å²) in [4.78, 5) is 0. The number of allylic oxidation sites excluding steroid dienone is 2. The van der Waals surface area contributed by atoms with Gasteiger partial charge in [-0.25, -0.2) is 0 Å². The molecule has 1 aromatic rings. The van der Waals surface area contributed by atoms with Crippen molar-refractivity contribution < 1.29 is 0 Å². The molecule has 148 valence electrons. The summed E-state index contributed by atoms with van der Waals surface area (Å²) in [6.45, 7) is 4.44. The minimum Gasteiger partial charge on any atom is -0.0917 e. The minimum absolute atomic E-state index is 0.971. The summed E-state index contributed by atoms with van der Waals surface area (Å²) in [5.74, 6) is 5.13. The quantitative estimate of drug-likeness (QED) is 0.473. The fraction of sp³-hybridized carbons (Fsp3) is 0.704. The fourth-order valence-electron chi connectivity index (χ4n) is 6.67. The highest BCUT2D eigenvalue weighted by Crippen LogP contribution is 2.49. The molecule has 0 bridgehead atoms. The zero-order valence-corrected chi connectivity index (χ0v) is 17.8. The lowest BCUT2D eigenvalue weighted by atomic mass is 9.61. The third kappa shape index (κ3) is 4.52. The Labute approximate surface area is 167 Å². The zero-order chi connectivity index (χ0) is 18.6. The standard InChI is InChI=1S/C27H40/c1-3-5-6-7-21-9-11-25-19-27(15-13-23(25)17-21)26-14-12-22-16-20(4-2)8-10-24(22)18-26/h3,5,8,10,16,21,23,25-27H,4,6-7,9,11-15,17-19H2,1-2H3/b5-3+/t21-,23?,25-,26?,27?/m1/s1. The van der Waals surface area contributed by atoms with Gasteiger partial charge in [0.15, 0.2) is 0 Å². The van der Waals surface area contributed by atoms with Crippen LogP contribution in [-0.4, -0.2) is 0 Å². The van der Waals surface area contributed by atoms with E-state index in [9.17, 15) is 0 Å². The Morgan fingerprint density at radius 1 is 0.889 bits per heavy atom. The van der Waals surface area contributed by atoms with Crippen molar-refractivity contribution in [1.29, 1.82) is 0 Å². The molecule has 0 nitrogen and oxygen atoms in total.